The van der Waals surface area contributed by atoms with Crippen molar-refractivity contribution in [1.29, 1.82) is 0 Å². The molecule has 9 nitrogen and oxygen atoms in total. The van der Waals surface area contributed by atoms with Crippen LogP contribution in [-0.4, -0.2) is 50.9 Å². The highest BCUT2D eigenvalue weighted by molar-refractivity contribution is 5.90. The number of hydrogen-bond acceptors (Lipinski definition) is 6. The molecule has 3 aromatic rings. The SMILES string of the molecule is CC(=O)NC[C@H](O)CNc1ccc(-n2cnc(NC(=O)Cc3ccccc3)n2)c(F)c1. The van der Waals surface area contributed by atoms with Crippen LogP contribution in [0.15, 0.2) is 54.9 Å². The Morgan fingerprint density at radius 2 is 1.94 bits per heavy atom. The molecule has 4 N–H and O–H groups in total. The molecule has 0 spiro atoms. The second-order valence-corrected chi connectivity index (χ2v) is 6.86. The molecule has 0 saturated heterocycles. The maximum atomic E-state index is 14.5. The van der Waals surface area contributed by atoms with Crippen LogP contribution in [-0.2, 0) is 16.0 Å². The number of hydrogen-bond donors (Lipinski definition) is 4. The van der Waals surface area contributed by atoms with E-state index in [1.54, 1.807) is 6.07 Å². The molecule has 0 aliphatic heterocycles. The highest BCUT2D eigenvalue weighted by atomic mass is 19.1. The van der Waals surface area contributed by atoms with Gasteiger partial charge in [-0.1, -0.05) is 30.3 Å². The van der Waals surface area contributed by atoms with Gasteiger partial charge in [0.2, 0.25) is 17.8 Å². The van der Waals surface area contributed by atoms with Crippen LogP contribution < -0.4 is 16.0 Å². The first-order valence-corrected chi connectivity index (χ1v) is 9.62. The van der Waals surface area contributed by atoms with E-state index in [1.807, 2.05) is 30.3 Å². The molecule has 3 rings (SSSR count). The third kappa shape index (κ3) is 6.61. The van der Waals surface area contributed by atoms with E-state index < -0.39 is 11.9 Å². The molecule has 0 fully saturated rings. The average Bonchev–Trinajstić information content (AvgIpc) is 3.19. The third-order valence-electron chi connectivity index (χ3n) is 4.27. The van der Waals surface area contributed by atoms with Crippen molar-refractivity contribution in [2.45, 2.75) is 19.4 Å². The first kappa shape index (κ1) is 21.9. The monoisotopic (exact) mass is 426 g/mol. The second-order valence-electron chi connectivity index (χ2n) is 6.86. The minimum absolute atomic E-state index is 0.0728. The largest absolute Gasteiger partial charge is 0.389 e. The minimum Gasteiger partial charge on any atom is -0.389 e. The summed E-state index contributed by atoms with van der Waals surface area (Å²) in [5.41, 5.74) is 1.47. The first-order chi connectivity index (χ1) is 14.9. The highest BCUT2D eigenvalue weighted by Crippen LogP contribution is 2.18. The molecule has 31 heavy (non-hydrogen) atoms. The standard InChI is InChI=1S/C21H23FN6O3/c1-14(29)23-11-17(30)12-24-16-7-8-19(18(22)10-16)28-13-25-21(27-28)26-20(31)9-15-5-3-2-4-6-15/h2-8,10,13,17,24,30H,9,11-12H2,1H3,(H,23,29)(H,26,27,31)/t17-/m0/s1. The molecule has 162 valence electrons. The summed E-state index contributed by atoms with van der Waals surface area (Å²) in [7, 11) is 0. The van der Waals surface area contributed by atoms with Crippen molar-refractivity contribution in [2.75, 3.05) is 23.7 Å². The molecule has 0 bridgehead atoms. The maximum Gasteiger partial charge on any atom is 0.249 e. The molecule has 1 aromatic heterocycles. The number of aliphatic hydroxyl groups excluding tert-OH is 1. The van der Waals surface area contributed by atoms with Gasteiger partial charge in [-0.05, 0) is 23.8 Å². The summed E-state index contributed by atoms with van der Waals surface area (Å²) in [5, 5.41) is 21.9. The zero-order valence-electron chi connectivity index (χ0n) is 16.9. The predicted octanol–water partition coefficient (Wildman–Crippen LogP) is 1.50. The molecule has 2 amide bonds. The van der Waals surface area contributed by atoms with Crippen molar-refractivity contribution >= 4 is 23.5 Å². The van der Waals surface area contributed by atoms with E-state index in [2.05, 4.69) is 26.0 Å². The Balaban J connectivity index is 1.57. The van der Waals surface area contributed by atoms with Crippen LogP contribution in [0.3, 0.4) is 0 Å². The van der Waals surface area contributed by atoms with Crippen LogP contribution in [0.4, 0.5) is 16.0 Å². The predicted molar refractivity (Wildman–Crippen MR) is 113 cm³/mol. The van der Waals surface area contributed by atoms with E-state index in [0.29, 0.717) is 5.69 Å². The number of carbonyl (C=O) groups is 2. The van der Waals surface area contributed by atoms with E-state index in [-0.39, 0.29) is 43.0 Å². The molecule has 2 aromatic carbocycles. The van der Waals surface area contributed by atoms with Crippen LogP contribution >= 0.6 is 0 Å². The summed E-state index contributed by atoms with van der Waals surface area (Å²) in [6, 6.07) is 13.6. The number of amides is 2. The summed E-state index contributed by atoms with van der Waals surface area (Å²) < 4.78 is 15.8. The summed E-state index contributed by atoms with van der Waals surface area (Å²) >= 11 is 0. The van der Waals surface area contributed by atoms with Gasteiger partial charge in [0.25, 0.3) is 0 Å². The number of carbonyl (C=O) groups excluding carboxylic acids is 2. The van der Waals surface area contributed by atoms with Crippen LogP contribution in [0, 0.1) is 5.82 Å². The molecule has 0 aliphatic rings. The summed E-state index contributed by atoms with van der Waals surface area (Å²) in [6.07, 6.45) is 0.669. The lowest BCUT2D eigenvalue weighted by Gasteiger charge is -2.13. The molecule has 0 unspecified atom stereocenters. The summed E-state index contributed by atoms with van der Waals surface area (Å²) in [4.78, 5) is 27.0. The Hall–Kier alpha value is -3.79. The molecule has 1 heterocycles. The number of nitrogens with one attached hydrogen (secondary N) is 3. The van der Waals surface area contributed by atoms with Crippen molar-refractivity contribution in [1.82, 2.24) is 20.1 Å². The van der Waals surface area contributed by atoms with Gasteiger partial charge in [-0.2, -0.15) is 4.98 Å². The van der Waals surface area contributed by atoms with E-state index >= 15 is 0 Å². The topological polar surface area (TPSA) is 121 Å². The van der Waals surface area contributed by atoms with Crippen LogP contribution in [0.1, 0.15) is 12.5 Å². The maximum absolute atomic E-state index is 14.5. The van der Waals surface area contributed by atoms with Gasteiger partial charge in [0, 0.05) is 25.7 Å². The number of nitrogens with zero attached hydrogens (tertiary/aromatic N) is 3. The van der Waals surface area contributed by atoms with E-state index in [0.717, 1.165) is 5.56 Å². The van der Waals surface area contributed by atoms with Crippen LogP contribution in [0.25, 0.3) is 5.69 Å². The fourth-order valence-electron chi connectivity index (χ4n) is 2.76. The summed E-state index contributed by atoms with van der Waals surface area (Å²) in [6.45, 7) is 1.60. The third-order valence-corrected chi connectivity index (χ3v) is 4.27. The Labute approximate surface area is 178 Å². The van der Waals surface area contributed by atoms with Gasteiger partial charge in [-0.25, -0.2) is 9.07 Å². The van der Waals surface area contributed by atoms with Gasteiger partial charge >= 0.3 is 0 Å². The number of anilines is 2. The van der Waals surface area contributed by atoms with Gasteiger partial charge < -0.3 is 15.7 Å². The lowest BCUT2D eigenvalue weighted by molar-refractivity contribution is -0.119. The van der Waals surface area contributed by atoms with Gasteiger partial charge in [0.05, 0.1) is 12.5 Å². The van der Waals surface area contributed by atoms with Crippen molar-refractivity contribution in [3.8, 4) is 5.69 Å². The molecule has 10 heteroatoms. The van der Waals surface area contributed by atoms with Gasteiger partial charge in [0.1, 0.15) is 12.0 Å². The van der Waals surface area contributed by atoms with E-state index in [4.69, 9.17) is 0 Å². The fourth-order valence-corrected chi connectivity index (χ4v) is 2.76. The van der Waals surface area contributed by atoms with Gasteiger partial charge in [-0.3, -0.25) is 14.9 Å². The lowest BCUT2D eigenvalue weighted by Crippen LogP contribution is -2.34. The number of aliphatic hydroxyl groups is 1. The zero-order chi connectivity index (χ0) is 22.2. The molecular formula is C21H23FN6O3. The number of halogens is 1. The van der Waals surface area contributed by atoms with Crippen molar-refractivity contribution in [3.63, 3.8) is 0 Å². The Morgan fingerprint density at radius 1 is 1.16 bits per heavy atom. The minimum atomic E-state index is -0.816. The van der Waals surface area contributed by atoms with Gasteiger partial charge in [-0.15, -0.1) is 5.10 Å². The Bertz CT molecular complexity index is 1040. The van der Waals surface area contributed by atoms with Crippen molar-refractivity contribution < 1.29 is 19.1 Å². The van der Waals surface area contributed by atoms with Gasteiger partial charge in [0.15, 0.2) is 5.82 Å². The number of aromatic nitrogens is 3. The lowest BCUT2D eigenvalue weighted by atomic mass is 10.1. The van der Waals surface area contributed by atoms with Crippen molar-refractivity contribution in [3.05, 3.63) is 66.2 Å². The van der Waals surface area contributed by atoms with Crippen molar-refractivity contribution in [2.24, 2.45) is 0 Å². The van der Waals surface area contributed by atoms with E-state index in [9.17, 15) is 19.1 Å². The van der Waals surface area contributed by atoms with E-state index in [1.165, 1.54) is 30.1 Å². The molecule has 0 aliphatic carbocycles. The summed E-state index contributed by atoms with van der Waals surface area (Å²) in [5.74, 6) is -1.00. The smallest absolute Gasteiger partial charge is 0.249 e. The second kappa shape index (κ2) is 10.3. The quantitative estimate of drug-likeness (QED) is 0.411. The Morgan fingerprint density at radius 3 is 2.65 bits per heavy atom. The molecule has 1 atom stereocenters. The first-order valence-electron chi connectivity index (χ1n) is 9.62. The number of rotatable bonds is 9. The van der Waals surface area contributed by atoms with Crippen LogP contribution in [0.2, 0.25) is 0 Å². The normalized spacial score (nSPS) is 11.6. The molecule has 0 radical (unpaired) electrons. The Kier molecular flexibility index (Phi) is 7.28. The molecule has 0 saturated carbocycles. The van der Waals surface area contributed by atoms with Crippen LogP contribution in [0.5, 0.6) is 0 Å². The highest BCUT2D eigenvalue weighted by Gasteiger charge is 2.12. The number of benzene rings is 2. The average molecular weight is 426 g/mol. The molecular weight excluding hydrogens is 403 g/mol. The zero-order valence-corrected chi connectivity index (χ0v) is 16.9. The fraction of sp³-hybridized carbons (Fsp3) is 0.238.